The zero-order chi connectivity index (χ0) is 9.52. The molecule has 0 radical (unpaired) electrons. The SMILES string of the molecule is C=CCOC(O)Cc1ccccn1. The van der Waals surface area contributed by atoms with Crippen molar-refractivity contribution in [2.45, 2.75) is 12.7 Å². The fraction of sp³-hybridized carbons (Fsp3) is 0.300. The number of pyridine rings is 1. The highest BCUT2D eigenvalue weighted by atomic mass is 16.6. The van der Waals surface area contributed by atoms with Crippen molar-refractivity contribution in [1.82, 2.24) is 4.98 Å². The average molecular weight is 179 g/mol. The molecule has 0 spiro atoms. The van der Waals surface area contributed by atoms with Crippen molar-refractivity contribution in [2.75, 3.05) is 6.61 Å². The molecule has 1 aromatic heterocycles. The molecule has 0 aliphatic heterocycles. The number of ether oxygens (including phenoxy) is 1. The summed E-state index contributed by atoms with van der Waals surface area (Å²) in [4.78, 5) is 4.06. The van der Waals surface area contributed by atoms with Crippen LogP contribution in [0.25, 0.3) is 0 Å². The van der Waals surface area contributed by atoms with Crippen LogP contribution in [-0.4, -0.2) is 23.0 Å². The summed E-state index contributed by atoms with van der Waals surface area (Å²) in [6.07, 6.45) is 2.90. The van der Waals surface area contributed by atoms with E-state index in [1.165, 1.54) is 0 Å². The van der Waals surface area contributed by atoms with E-state index in [9.17, 15) is 5.11 Å². The molecule has 0 amide bonds. The summed E-state index contributed by atoms with van der Waals surface area (Å²) < 4.78 is 4.99. The maximum atomic E-state index is 9.32. The predicted octanol–water partition coefficient (Wildman–Crippen LogP) is 1.15. The molecule has 1 N–H and O–H groups in total. The van der Waals surface area contributed by atoms with Crippen LogP contribution >= 0.6 is 0 Å². The summed E-state index contributed by atoms with van der Waals surface area (Å²) in [7, 11) is 0. The van der Waals surface area contributed by atoms with Gasteiger partial charge in [0.25, 0.3) is 0 Å². The molecular weight excluding hydrogens is 166 g/mol. The number of hydrogen-bond acceptors (Lipinski definition) is 3. The van der Waals surface area contributed by atoms with E-state index in [1.54, 1.807) is 12.3 Å². The van der Waals surface area contributed by atoms with Gasteiger partial charge in [-0.05, 0) is 12.1 Å². The summed E-state index contributed by atoms with van der Waals surface area (Å²) in [6, 6.07) is 5.56. The highest BCUT2D eigenvalue weighted by molar-refractivity contribution is 5.03. The van der Waals surface area contributed by atoms with E-state index in [0.717, 1.165) is 5.69 Å². The van der Waals surface area contributed by atoms with Crippen LogP contribution in [0.2, 0.25) is 0 Å². The highest BCUT2D eigenvalue weighted by Crippen LogP contribution is 2.00. The second kappa shape index (κ2) is 5.45. The van der Waals surface area contributed by atoms with Crippen molar-refractivity contribution < 1.29 is 9.84 Å². The molecule has 1 unspecified atom stereocenters. The Labute approximate surface area is 77.7 Å². The topological polar surface area (TPSA) is 42.4 Å². The minimum Gasteiger partial charge on any atom is -0.368 e. The smallest absolute Gasteiger partial charge is 0.160 e. The molecule has 0 fully saturated rings. The van der Waals surface area contributed by atoms with Crippen molar-refractivity contribution >= 4 is 0 Å². The van der Waals surface area contributed by atoms with Crippen LogP contribution in [0, 0.1) is 0 Å². The largest absolute Gasteiger partial charge is 0.368 e. The van der Waals surface area contributed by atoms with Gasteiger partial charge in [0, 0.05) is 18.3 Å². The van der Waals surface area contributed by atoms with E-state index in [2.05, 4.69) is 11.6 Å². The number of hydrogen-bond donors (Lipinski definition) is 1. The van der Waals surface area contributed by atoms with Gasteiger partial charge in [0.05, 0.1) is 6.61 Å². The normalized spacial score (nSPS) is 12.4. The lowest BCUT2D eigenvalue weighted by Crippen LogP contribution is -2.15. The standard InChI is InChI=1S/C10H13NO2/c1-2-7-13-10(12)8-9-5-3-4-6-11-9/h2-6,10,12H,1,7-8H2. The van der Waals surface area contributed by atoms with E-state index >= 15 is 0 Å². The van der Waals surface area contributed by atoms with E-state index in [4.69, 9.17) is 4.74 Å². The Kier molecular flexibility index (Phi) is 4.15. The summed E-state index contributed by atoms with van der Waals surface area (Å²) in [6.45, 7) is 3.84. The number of aromatic nitrogens is 1. The van der Waals surface area contributed by atoms with Gasteiger partial charge in [0.2, 0.25) is 0 Å². The van der Waals surface area contributed by atoms with Gasteiger partial charge in [0.15, 0.2) is 6.29 Å². The van der Waals surface area contributed by atoms with Gasteiger partial charge in [0.1, 0.15) is 0 Å². The highest BCUT2D eigenvalue weighted by Gasteiger charge is 2.04. The third kappa shape index (κ3) is 3.83. The lowest BCUT2D eigenvalue weighted by molar-refractivity contribution is -0.0874. The summed E-state index contributed by atoms with van der Waals surface area (Å²) in [5, 5.41) is 9.32. The molecular formula is C10H13NO2. The molecule has 0 saturated carbocycles. The quantitative estimate of drug-likeness (QED) is 0.544. The van der Waals surface area contributed by atoms with Gasteiger partial charge in [-0.25, -0.2) is 0 Å². The molecule has 3 heteroatoms. The lowest BCUT2D eigenvalue weighted by atomic mass is 10.3. The van der Waals surface area contributed by atoms with Crippen LogP contribution in [0.4, 0.5) is 0 Å². The second-order valence-corrected chi connectivity index (χ2v) is 2.60. The maximum Gasteiger partial charge on any atom is 0.160 e. The molecule has 0 aliphatic carbocycles. The Hall–Kier alpha value is -1.19. The first-order chi connectivity index (χ1) is 6.33. The minimum atomic E-state index is -0.798. The molecule has 0 aromatic carbocycles. The molecule has 0 bridgehead atoms. The fourth-order valence-corrected chi connectivity index (χ4v) is 0.936. The van der Waals surface area contributed by atoms with Gasteiger partial charge in [-0.3, -0.25) is 4.98 Å². The number of rotatable bonds is 5. The van der Waals surface area contributed by atoms with Crippen LogP contribution in [0.3, 0.4) is 0 Å². The second-order valence-electron chi connectivity index (χ2n) is 2.60. The lowest BCUT2D eigenvalue weighted by Gasteiger charge is -2.09. The van der Waals surface area contributed by atoms with Gasteiger partial charge in [-0.15, -0.1) is 6.58 Å². The maximum absolute atomic E-state index is 9.32. The molecule has 3 nitrogen and oxygen atoms in total. The fourth-order valence-electron chi connectivity index (χ4n) is 0.936. The molecule has 70 valence electrons. The zero-order valence-electron chi connectivity index (χ0n) is 7.39. The zero-order valence-corrected chi connectivity index (χ0v) is 7.39. The Bertz CT molecular complexity index is 248. The van der Waals surface area contributed by atoms with Crippen LogP contribution in [0.5, 0.6) is 0 Å². The number of aliphatic hydroxyl groups is 1. The van der Waals surface area contributed by atoms with E-state index < -0.39 is 6.29 Å². The van der Waals surface area contributed by atoms with Gasteiger partial charge >= 0.3 is 0 Å². The first kappa shape index (κ1) is 9.89. The first-order valence-corrected chi connectivity index (χ1v) is 4.13. The molecule has 0 saturated heterocycles. The Morgan fingerprint density at radius 3 is 3.08 bits per heavy atom. The Morgan fingerprint density at radius 1 is 1.62 bits per heavy atom. The molecule has 1 rings (SSSR count). The van der Waals surface area contributed by atoms with Crippen LogP contribution in [0.15, 0.2) is 37.1 Å². The van der Waals surface area contributed by atoms with E-state index in [1.807, 2.05) is 18.2 Å². The monoisotopic (exact) mass is 179 g/mol. The van der Waals surface area contributed by atoms with Crippen LogP contribution in [-0.2, 0) is 11.2 Å². The number of nitrogens with zero attached hydrogens (tertiary/aromatic N) is 1. The van der Waals surface area contributed by atoms with Crippen LogP contribution in [0.1, 0.15) is 5.69 Å². The van der Waals surface area contributed by atoms with Crippen molar-refractivity contribution in [1.29, 1.82) is 0 Å². The minimum absolute atomic E-state index is 0.355. The van der Waals surface area contributed by atoms with Crippen LogP contribution < -0.4 is 0 Å². The van der Waals surface area contributed by atoms with Gasteiger partial charge in [-0.2, -0.15) is 0 Å². The third-order valence-electron chi connectivity index (χ3n) is 1.52. The summed E-state index contributed by atoms with van der Waals surface area (Å²) in [5.74, 6) is 0. The molecule has 1 aromatic rings. The summed E-state index contributed by atoms with van der Waals surface area (Å²) >= 11 is 0. The van der Waals surface area contributed by atoms with Crippen molar-refractivity contribution in [3.8, 4) is 0 Å². The van der Waals surface area contributed by atoms with Crippen molar-refractivity contribution in [3.63, 3.8) is 0 Å². The molecule has 0 aliphatic rings. The molecule has 1 heterocycles. The Morgan fingerprint density at radius 2 is 2.46 bits per heavy atom. The number of aliphatic hydroxyl groups excluding tert-OH is 1. The summed E-state index contributed by atoms with van der Waals surface area (Å²) in [5.41, 5.74) is 0.819. The third-order valence-corrected chi connectivity index (χ3v) is 1.52. The molecule has 1 atom stereocenters. The van der Waals surface area contributed by atoms with Crippen molar-refractivity contribution in [3.05, 3.63) is 42.7 Å². The molecule has 13 heavy (non-hydrogen) atoms. The van der Waals surface area contributed by atoms with Gasteiger partial charge < -0.3 is 9.84 Å². The van der Waals surface area contributed by atoms with Gasteiger partial charge in [-0.1, -0.05) is 12.1 Å². The first-order valence-electron chi connectivity index (χ1n) is 4.13. The van der Waals surface area contributed by atoms with Crippen molar-refractivity contribution in [2.24, 2.45) is 0 Å². The average Bonchev–Trinajstić information content (AvgIpc) is 2.16. The van der Waals surface area contributed by atoms with E-state index in [-0.39, 0.29) is 0 Å². The predicted molar refractivity (Wildman–Crippen MR) is 50.1 cm³/mol. The van der Waals surface area contributed by atoms with E-state index in [0.29, 0.717) is 13.0 Å². The Balaban J connectivity index is 2.36.